The van der Waals surface area contributed by atoms with E-state index in [4.69, 9.17) is 10.2 Å². The number of hydrogen-bond acceptors (Lipinski definition) is 3. The van der Waals surface area contributed by atoms with Crippen LogP contribution in [0.5, 0.6) is 5.75 Å². The zero-order valence-electron chi connectivity index (χ0n) is 11.2. The van der Waals surface area contributed by atoms with Gasteiger partial charge in [0.05, 0.1) is 5.92 Å². The highest BCUT2D eigenvalue weighted by atomic mass is 16.4. The van der Waals surface area contributed by atoms with E-state index in [0.29, 0.717) is 13.0 Å². The molecule has 1 amide bonds. The minimum absolute atomic E-state index is 0.172. The second kappa shape index (κ2) is 5.77. The summed E-state index contributed by atoms with van der Waals surface area (Å²) in [6.45, 7) is 2.23. The summed E-state index contributed by atoms with van der Waals surface area (Å²) in [4.78, 5) is 24.7. The monoisotopic (exact) mass is 275 g/mol. The Bertz CT molecular complexity index is 535. The van der Waals surface area contributed by atoms with Crippen molar-refractivity contribution in [2.75, 3.05) is 6.54 Å². The Hall–Kier alpha value is -2.30. The molecule has 5 heteroatoms. The van der Waals surface area contributed by atoms with Crippen molar-refractivity contribution in [3.8, 4) is 5.75 Å². The van der Waals surface area contributed by atoms with Crippen LogP contribution in [0.25, 0.3) is 6.08 Å². The van der Waals surface area contributed by atoms with Gasteiger partial charge in [-0.2, -0.15) is 0 Å². The maximum atomic E-state index is 12.1. The number of aromatic hydroxyl groups is 1. The first kappa shape index (κ1) is 14.1. The Morgan fingerprint density at radius 2 is 1.95 bits per heavy atom. The van der Waals surface area contributed by atoms with Gasteiger partial charge in [-0.25, -0.2) is 0 Å². The van der Waals surface area contributed by atoms with Crippen LogP contribution in [0, 0.1) is 5.92 Å². The van der Waals surface area contributed by atoms with Crippen LogP contribution in [0.15, 0.2) is 30.3 Å². The first-order valence-electron chi connectivity index (χ1n) is 6.49. The van der Waals surface area contributed by atoms with E-state index in [1.54, 1.807) is 42.2 Å². The summed E-state index contributed by atoms with van der Waals surface area (Å²) >= 11 is 0. The highest BCUT2D eigenvalue weighted by molar-refractivity contribution is 5.92. The molecule has 1 aliphatic heterocycles. The van der Waals surface area contributed by atoms with E-state index in [2.05, 4.69) is 0 Å². The van der Waals surface area contributed by atoms with Gasteiger partial charge in [0.2, 0.25) is 5.91 Å². The molecule has 2 atom stereocenters. The average molecular weight is 275 g/mol. The first-order valence-corrected chi connectivity index (χ1v) is 6.49. The van der Waals surface area contributed by atoms with Crippen molar-refractivity contribution in [3.05, 3.63) is 35.9 Å². The number of phenols is 1. The fraction of sp³-hybridized carbons (Fsp3) is 0.333. The molecule has 2 N–H and O–H groups in total. The Morgan fingerprint density at radius 3 is 2.50 bits per heavy atom. The molecule has 1 heterocycles. The molecule has 0 saturated carbocycles. The predicted molar refractivity (Wildman–Crippen MR) is 74.1 cm³/mol. The van der Waals surface area contributed by atoms with E-state index in [-0.39, 0.29) is 17.7 Å². The zero-order chi connectivity index (χ0) is 14.7. The molecule has 0 aliphatic carbocycles. The van der Waals surface area contributed by atoms with E-state index in [1.165, 1.54) is 6.08 Å². The van der Waals surface area contributed by atoms with E-state index in [1.807, 2.05) is 0 Å². The number of amides is 1. The molecule has 0 aromatic heterocycles. The van der Waals surface area contributed by atoms with Crippen LogP contribution in [0.1, 0.15) is 18.9 Å². The third-order valence-electron chi connectivity index (χ3n) is 3.67. The van der Waals surface area contributed by atoms with Crippen molar-refractivity contribution < 1.29 is 19.8 Å². The minimum atomic E-state index is -0.852. The number of carbonyl (C=O) groups excluding carboxylic acids is 1. The number of likely N-dealkylation sites (tertiary alicyclic amines) is 1. The second-order valence-corrected chi connectivity index (χ2v) is 4.93. The minimum Gasteiger partial charge on any atom is -0.508 e. The highest BCUT2D eigenvalue weighted by Crippen LogP contribution is 2.24. The SMILES string of the molecule is CC1C(C(=O)O)CCN1C(=O)C=Cc1ccc(O)cc1. The lowest BCUT2D eigenvalue weighted by Crippen LogP contribution is -2.36. The number of carbonyl (C=O) groups is 2. The van der Waals surface area contributed by atoms with Crippen LogP contribution in [-0.2, 0) is 9.59 Å². The highest BCUT2D eigenvalue weighted by Gasteiger charge is 2.37. The molecule has 1 saturated heterocycles. The molecule has 2 rings (SSSR count). The molecule has 106 valence electrons. The summed E-state index contributed by atoms with van der Waals surface area (Å²) in [6, 6.07) is 6.20. The van der Waals surface area contributed by atoms with Crippen molar-refractivity contribution in [2.24, 2.45) is 5.92 Å². The average Bonchev–Trinajstić information content (AvgIpc) is 2.80. The van der Waals surface area contributed by atoms with Crippen LogP contribution < -0.4 is 0 Å². The summed E-state index contributed by atoms with van der Waals surface area (Å²) in [5.74, 6) is -1.35. The van der Waals surface area contributed by atoms with E-state index >= 15 is 0 Å². The Labute approximate surface area is 117 Å². The number of carboxylic acid groups (broad SMARTS) is 1. The number of benzene rings is 1. The maximum absolute atomic E-state index is 12.1. The molecule has 1 aromatic rings. The Balaban J connectivity index is 2.02. The summed E-state index contributed by atoms with van der Waals surface area (Å²) in [7, 11) is 0. The fourth-order valence-corrected chi connectivity index (χ4v) is 2.43. The molecule has 0 bridgehead atoms. The molecule has 5 nitrogen and oxygen atoms in total. The van der Waals surface area contributed by atoms with Gasteiger partial charge in [0.1, 0.15) is 5.75 Å². The van der Waals surface area contributed by atoms with E-state index < -0.39 is 11.9 Å². The summed E-state index contributed by atoms with van der Waals surface area (Å²) in [5, 5.41) is 18.2. The molecule has 1 aromatic carbocycles. The molecule has 0 radical (unpaired) electrons. The van der Waals surface area contributed by atoms with Gasteiger partial charge in [-0.05, 0) is 37.1 Å². The summed E-state index contributed by atoms with van der Waals surface area (Å²) < 4.78 is 0. The Kier molecular flexibility index (Phi) is 4.08. The molecule has 1 aliphatic rings. The van der Waals surface area contributed by atoms with Crippen LogP contribution >= 0.6 is 0 Å². The molecule has 0 spiro atoms. The largest absolute Gasteiger partial charge is 0.508 e. The van der Waals surface area contributed by atoms with E-state index in [0.717, 1.165) is 5.56 Å². The van der Waals surface area contributed by atoms with Gasteiger partial charge in [0.25, 0.3) is 0 Å². The van der Waals surface area contributed by atoms with Gasteiger partial charge in [-0.1, -0.05) is 12.1 Å². The van der Waals surface area contributed by atoms with Crippen molar-refractivity contribution >= 4 is 18.0 Å². The number of nitrogens with zero attached hydrogens (tertiary/aromatic N) is 1. The van der Waals surface area contributed by atoms with Gasteiger partial charge in [-0.3, -0.25) is 9.59 Å². The molecule has 20 heavy (non-hydrogen) atoms. The number of rotatable bonds is 3. The van der Waals surface area contributed by atoms with Crippen LogP contribution in [-0.4, -0.2) is 39.6 Å². The van der Waals surface area contributed by atoms with Gasteiger partial charge in [0, 0.05) is 18.7 Å². The van der Waals surface area contributed by atoms with Crippen molar-refractivity contribution in [2.45, 2.75) is 19.4 Å². The van der Waals surface area contributed by atoms with Crippen LogP contribution in [0.4, 0.5) is 0 Å². The predicted octanol–water partition coefficient (Wildman–Crippen LogP) is 1.73. The molecular weight excluding hydrogens is 258 g/mol. The second-order valence-electron chi connectivity index (χ2n) is 4.93. The smallest absolute Gasteiger partial charge is 0.308 e. The maximum Gasteiger partial charge on any atom is 0.308 e. The topological polar surface area (TPSA) is 77.8 Å². The van der Waals surface area contributed by atoms with E-state index in [9.17, 15) is 9.59 Å². The lowest BCUT2D eigenvalue weighted by Gasteiger charge is -2.21. The lowest BCUT2D eigenvalue weighted by atomic mass is 10.0. The Morgan fingerprint density at radius 1 is 1.30 bits per heavy atom. The lowest BCUT2D eigenvalue weighted by molar-refractivity contribution is -0.142. The summed E-state index contributed by atoms with van der Waals surface area (Å²) in [6.07, 6.45) is 3.59. The van der Waals surface area contributed by atoms with Gasteiger partial charge in [-0.15, -0.1) is 0 Å². The van der Waals surface area contributed by atoms with Crippen LogP contribution in [0.3, 0.4) is 0 Å². The number of aliphatic carboxylic acids is 1. The summed E-state index contributed by atoms with van der Waals surface area (Å²) in [5.41, 5.74) is 0.804. The van der Waals surface area contributed by atoms with Gasteiger partial charge >= 0.3 is 5.97 Å². The van der Waals surface area contributed by atoms with Crippen molar-refractivity contribution in [1.82, 2.24) is 4.90 Å². The number of phenolic OH excluding ortho intramolecular Hbond substituents is 1. The number of carboxylic acids is 1. The number of hydrogen-bond donors (Lipinski definition) is 2. The van der Waals surface area contributed by atoms with Crippen molar-refractivity contribution in [3.63, 3.8) is 0 Å². The fourth-order valence-electron chi connectivity index (χ4n) is 2.43. The quantitative estimate of drug-likeness (QED) is 0.823. The molecule has 2 unspecified atom stereocenters. The molecular formula is C15H17NO4. The van der Waals surface area contributed by atoms with Crippen LogP contribution in [0.2, 0.25) is 0 Å². The van der Waals surface area contributed by atoms with Crippen molar-refractivity contribution in [1.29, 1.82) is 0 Å². The third-order valence-corrected chi connectivity index (χ3v) is 3.67. The normalized spacial score (nSPS) is 22.4. The molecule has 1 fully saturated rings. The zero-order valence-corrected chi connectivity index (χ0v) is 11.2. The van der Waals surface area contributed by atoms with Gasteiger partial charge in [0.15, 0.2) is 0 Å². The first-order chi connectivity index (χ1) is 9.49. The van der Waals surface area contributed by atoms with Gasteiger partial charge < -0.3 is 15.1 Å². The standard InChI is InChI=1S/C15H17NO4/c1-10-13(15(19)20)8-9-16(10)14(18)7-4-11-2-5-12(17)6-3-11/h2-7,10,13,17H,8-9H2,1H3,(H,19,20). The third kappa shape index (κ3) is 2.99.